The molecule has 2 aromatic carbocycles. The van der Waals surface area contributed by atoms with Crippen LogP contribution in [0.3, 0.4) is 0 Å². The van der Waals surface area contributed by atoms with Gasteiger partial charge in [0.15, 0.2) is 0 Å². The summed E-state index contributed by atoms with van der Waals surface area (Å²) in [5, 5.41) is 0. The molecule has 0 atom stereocenters. The van der Waals surface area contributed by atoms with Crippen molar-refractivity contribution >= 4 is 11.4 Å². The Morgan fingerprint density at radius 1 is 1.00 bits per heavy atom. The van der Waals surface area contributed by atoms with Crippen molar-refractivity contribution in [1.29, 1.82) is 0 Å². The first kappa shape index (κ1) is 17.4. The smallest absolute Gasteiger partial charge is 0.0633 e. The van der Waals surface area contributed by atoms with E-state index >= 15 is 0 Å². The first-order valence-electron chi connectivity index (χ1n) is 8.01. The van der Waals surface area contributed by atoms with Gasteiger partial charge in [-0.05, 0) is 36.6 Å². The highest BCUT2D eigenvalue weighted by Crippen LogP contribution is 2.24. The first-order chi connectivity index (χ1) is 11.7. The van der Waals surface area contributed by atoms with Crippen LogP contribution in [-0.2, 0) is 0 Å². The molecule has 0 amide bonds. The number of hydrogen-bond donors (Lipinski definition) is 0. The minimum Gasteiger partial charge on any atom is -0.253 e. The molecule has 1 nitrogen and oxygen atoms in total. The third-order valence-electron chi connectivity index (χ3n) is 3.75. The third-order valence-corrected chi connectivity index (χ3v) is 3.75. The monoisotopic (exact) mass is 313 g/mol. The third kappa shape index (κ3) is 4.53. The van der Waals surface area contributed by atoms with Crippen molar-refractivity contribution in [3.8, 4) is 11.1 Å². The fraction of sp³-hybridized carbons (Fsp3) is 0.0870. The van der Waals surface area contributed by atoms with Crippen LogP contribution in [-0.4, -0.2) is 5.71 Å². The van der Waals surface area contributed by atoms with E-state index in [2.05, 4.69) is 42.4 Å². The second kappa shape index (κ2) is 8.64. The molecular formula is C23H23N. The molecule has 0 radical (unpaired) electrons. The molecule has 0 saturated heterocycles. The second-order valence-corrected chi connectivity index (χ2v) is 5.43. The predicted molar refractivity (Wildman–Crippen MR) is 107 cm³/mol. The van der Waals surface area contributed by atoms with Gasteiger partial charge in [0.25, 0.3) is 0 Å². The van der Waals surface area contributed by atoms with E-state index in [4.69, 9.17) is 0 Å². The highest BCUT2D eigenvalue weighted by atomic mass is 14.8. The molecular weight excluding hydrogens is 290 g/mol. The summed E-state index contributed by atoms with van der Waals surface area (Å²) in [5.41, 5.74) is 6.15. The number of aliphatic imine (C=N–C) groups is 1. The van der Waals surface area contributed by atoms with Crippen LogP contribution in [0.5, 0.6) is 0 Å². The van der Waals surface area contributed by atoms with Gasteiger partial charge in [-0.1, -0.05) is 86.0 Å². The Kier molecular flexibility index (Phi) is 6.27. The molecule has 2 rings (SSSR count). The number of benzene rings is 2. The fourth-order valence-electron chi connectivity index (χ4n) is 2.44. The van der Waals surface area contributed by atoms with E-state index in [1.54, 1.807) is 6.08 Å². The molecule has 0 bridgehead atoms. The van der Waals surface area contributed by atoms with Crippen LogP contribution < -0.4 is 0 Å². The van der Waals surface area contributed by atoms with Crippen molar-refractivity contribution in [2.75, 3.05) is 0 Å². The van der Waals surface area contributed by atoms with Gasteiger partial charge >= 0.3 is 0 Å². The van der Waals surface area contributed by atoms with Gasteiger partial charge in [0, 0.05) is 11.3 Å². The van der Waals surface area contributed by atoms with Gasteiger partial charge in [-0.25, -0.2) is 0 Å². The zero-order valence-corrected chi connectivity index (χ0v) is 14.4. The quantitative estimate of drug-likeness (QED) is 0.428. The fourth-order valence-corrected chi connectivity index (χ4v) is 2.44. The predicted octanol–water partition coefficient (Wildman–Crippen LogP) is 6.47. The van der Waals surface area contributed by atoms with E-state index in [1.165, 1.54) is 11.1 Å². The molecule has 0 fully saturated rings. The van der Waals surface area contributed by atoms with Gasteiger partial charge in [0.1, 0.15) is 0 Å². The lowest BCUT2D eigenvalue weighted by Gasteiger charge is -2.07. The summed E-state index contributed by atoms with van der Waals surface area (Å²) in [7, 11) is 0. The van der Waals surface area contributed by atoms with Crippen LogP contribution in [0, 0.1) is 0 Å². The lowest BCUT2D eigenvalue weighted by molar-refractivity contribution is 1.47. The molecule has 0 unspecified atom stereocenters. The first-order valence-corrected chi connectivity index (χ1v) is 8.01. The Morgan fingerprint density at radius 3 is 2.38 bits per heavy atom. The Hall–Kier alpha value is -2.93. The molecule has 0 aliphatic heterocycles. The van der Waals surface area contributed by atoms with E-state index in [0.717, 1.165) is 22.5 Å². The molecule has 0 N–H and O–H groups in total. The van der Waals surface area contributed by atoms with E-state index in [1.807, 2.05) is 62.4 Å². The van der Waals surface area contributed by atoms with E-state index in [9.17, 15) is 0 Å². The minimum absolute atomic E-state index is 0.761. The Bertz CT molecular complexity index is 805. The maximum atomic E-state index is 4.67. The largest absolute Gasteiger partial charge is 0.253 e. The maximum absolute atomic E-state index is 4.67. The SMILES string of the molecule is C=C/C=C\C(=C/C)C(C)=NC(=C)c1cccc(-c2ccccc2)c1. The second-order valence-electron chi connectivity index (χ2n) is 5.43. The van der Waals surface area contributed by atoms with Crippen LogP contribution in [0.2, 0.25) is 0 Å². The Morgan fingerprint density at radius 2 is 1.71 bits per heavy atom. The van der Waals surface area contributed by atoms with Crippen molar-refractivity contribution in [3.05, 3.63) is 103 Å². The molecule has 24 heavy (non-hydrogen) atoms. The van der Waals surface area contributed by atoms with Crippen molar-refractivity contribution in [2.45, 2.75) is 13.8 Å². The van der Waals surface area contributed by atoms with Gasteiger partial charge in [-0.3, -0.25) is 4.99 Å². The van der Waals surface area contributed by atoms with Gasteiger partial charge in [-0.2, -0.15) is 0 Å². The van der Waals surface area contributed by atoms with Crippen LogP contribution >= 0.6 is 0 Å². The number of hydrogen-bond acceptors (Lipinski definition) is 1. The molecule has 120 valence electrons. The molecule has 0 aromatic heterocycles. The van der Waals surface area contributed by atoms with Crippen LogP contribution in [0.25, 0.3) is 16.8 Å². The van der Waals surface area contributed by atoms with Crippen molar-refractivity contribution in [2.24, 2.45) is 4.99 Å². The van der Waals surface area contributed by atoms with Gasteiger partial charge < -0.3 is 0 Å². The lowest BCUT2D eigenvalue weighted by atomic mass is 10.0. The number of nitrogens with zero attached hydrogens (tertiary/aromatic N) is 1. The molecule has 0 spiro atoms. The summed E-state index contributed by atoms with van der Waals surface area (Å²) in [6.07, 6.45) is 7.70. The average molecular weight is 313 g/mol. The van der Waals surface area contributed by atoms with E-state index in [-0.39, 0.29) is 0 Å². The Balaban J connectivity index is 2.29. The number of allylic oxidation sites excluding steroid dienone is 5. The van der Waals surface area contributed by atoms with E-state index < -0.39 is 0 Å². The molecule has 1 heteroatoms. The normalized spacial score (nSPS) is 12.4. The maximum Gasteiger partial charge on any atom is 0.0633 e. The Labute approximate surface area is 145 Å². The molecule has 2 aromatic rings. The minimum atomic E-state index is 0.761. The summed E-state index contributed by atoms with van der Waals surface area (Å²) in [6.45, 7) is 11.8. The molecule has 0 aliphatic carbocycles. The highest BCUT2D eigenvalue weighted by molar-refractivity contribution is 6.03. The summed E-state index contributed by atoms with van der Waals surface area (Å²) in [4.78, 5) is 4.67. The molecule has 0 heterocycles. The van der Waals surface area contributed by atoms with Gasteiger partial charge in [0.2, 0.25) is 0 Å². The highest BCUT2D eigenvalue weighted by Gasteiger charge is 2.03. The molecule has 0 aliphatic rings. The van der Waals surface area contributed by atoms with Crippen molar-refractivity contribution < 1.29 is 0 Å². The van der Waals surface area contributed by atoms with E-state index in [0.29, 0.717) is 0 Å². The van der Waals surface area contributed by atoms with Gasteiger partial charge in [0.05, 0.1) is 5.70 Å². The van der Waals surface area contributed by atoms with Gasteiger partial charge in [-0.15, -0.1) is 0 Å². The standard InChI is InChI=1S/C23H23N/c1-5-7-12-20(6-2)18(3)24-19(4)22-15-11-16-23(17-22)21-13-9-8-10-14-21/h5-17H,1,4H2,2-3H3/b12-7-,20-6+,24-18?. The summed E-state index contributed by atoms with van der Waals surface area (Å²) >= 11 is 0. The summed E-state index contributed by atoms with van der Waals surface area (Å²) < 4.78 is 0. The summed E-state index contributed by atoms with van der Waals surface area (Å²) in [6, 6.07) is 18.6. The lowest BCUT2D eigenvalue weighted by Crippen LogP contribution is -1.95. The zero-order chi connectivity index (χ0) is 17.4. The van der Waals surface area contributed by atoms with Crippen LogP contribution in [0.15, 0.2) is 103 Å². The van der Waals surface area contributed by atoms with Crippen LogP contribution in [0.4, 0.5) is 0 Å². The molecule has 0 saturated carbocycles. The van der Waals surface area contributed by atoms with Crippen molar-refractivity contribution in [3.63, 3.8) is 0 Å². The average Bonchev–Trinajstić information content (AvgIpc) is 2.63. The summed E-state index contributed by atoms with van der Waals surface area (Å²) in [5.74, 6) is 0. The van der Waals surface area contributed by atoms with Crippen LogP contribution in [0.1, 0.15) is 19.4 Å². The topological polar surface area (TPSA) is 12.4 Å². The number of rotatable bonds is 6. The van der Waals surface area contributed by atoms with Crippen molar-refractivity contribution in [1.82, 2.24) is 0 Å². The zero-order valence-electron chi connectivity index (χ0n) is 14.4.